The van der Waals surface area contributed by atoms with Crippen LogP contribution in [0.2, 0.25) is 0 Å². The Kier molecular flexibility index (Phi) is 5.28. The van der Waals surface area contributed by atoms with Crippen molar-refractivity contribution < 1.29 is 22.4 Å². The number of rotatable bonds is 4. The molecule has 2 heterocycles. The molecule has 1 aliphatic carbocycles. The van der Waals surface area contributed by atoms with Gasteiger partial charge in [0, 0.05) is 11.8 Å². The van der Waals surface area contributed by atoms with Gasteiger partial charge in [0.2, 0.25) is 0 Å². The number of aromatic nitrogens is 3. The smallest absolute Gasteiger partial charge is 0.340 e. The van der Waals surface area contributed by atoms with Crippen molar-refractivity contribution in [1.29, 1.82) is 5.26 Å². The maximum atomic E-state index is 14.0. The van der Waals surface area contributed by atoms with Crippen LogP contribution in [0.5, 0.6) is 0 Å². The molecule has 1 fully saturated rings. The number of carbonyl (C=O) groups is 1. The number of carbonyl (C=O) groups excluding carboxylic acids is 1. The molecule has 1 aliphatic rings. The van der Waals surface area contributed by atoms with Crippen LogP contribution in [0, 0.1) is 17.1 Å². The lowest BCUT2D eigenvalue weighted by atomic mass is 9.64. The van der Waals surface area contributed by atoms with Crippen LogP contribution >= 0.6 is 0 Å². The molecule has 35 heavy (non-hydrogen) atoms. The van der Waals surface area contributed by atoms with E-state index in [0.717, 1.165) is 43.2 Å². The first-order chi connectivity index (χ1) is 16.7. The molecule has 6 nitrogen and oxygen atoms in total. The van der Waals surface area contributed by atoms with Gasteiger partial charge in [-0.05, 0) is 54.8 Å². The summed E-state index contributed by atoms with van der Waals surface area (Å²) in [5.41, 5.74) is 0.291. The van der Waals surface area contributed by atoms with E-state index in [0.29, 0.717) is 5.82 Å². The van der Waals surface area contributed by atoms with E-state index >= 15 is 0 Å². The number of pyridine rings is 1. The Morgan fingerprint density at radius 2 is 1.86 bits per heavy atom. The predicted molar refractivity (Wildman–Crippen MR) is 119 cm³/mol. The molecular formula is C25H17F4N5O. The van der Waals surface area contributed by atoms with Crippen LogP contribution in [0.1, 0.15) is 52.1 Å². The van der Waals surface area contributed by atoms with Crippen LogP contribution in [0.3, 0.4) is 0 Å². The molecule has 2 aromatic heterocycles. The molecule has 1 amide bonds. The Labute approximate surface area is 196 Å². The first kappa shape index (κ1) is 22.5. The Bertz CT molecular complexity index is 1480. The molecule has 0 spiro atoms. The van der Waals surface area contributed by atoms with Crippen molar-refractivity contribution in [2.75, 3.05) is 5.32 Å². The third-order valence-corrected chi connectivity index (χ3v) is 6.37. The van der Waals surface area contributed by atoms with E-state index in [1.54, 1.807) is 24.3 Å². The van der Waals surface area contributed by atoms with Gasteiger partial charge in [-0.3, -0.25) is 4.79 Å². The lowest BCUT2D eigenvalue weighted by molar-refractivity contribution is -0.137. The van der Waals surface area contributed by atoms with E-state index in [1.807, 2.05) is 6.07 Å². The lowest BCUT2D eigenvalue weighted by Gasteiger charge is -2.40. The zero-order chi connectivity index (χ0) is 24.8. The maximum absolute atomic E-state index is 14.0. The van der Waals surface area contributed by atoms with Crippen molar-refractivity contribution in [1.82, 2.24) is 15.0 Å². The number of nitrogens with one attached hydrogen (secondary N) is 2. The number of nitrogens with zero attached hydrogens (tertiary/aromatic N) is 3. The zero-order valence-electron chi connectivity index (χ0n) is 18.1. The minimum absolute atomic E-state index is 0.0957. The summed E-state index contributed by atoms with van der Waals surface area (Å²) in [6.07, 6.45) is -1.36. The summed E-state index contributed by atoms with van der Waals surface area (Å²) < 4.78 is 53.2. The summed E-state index contributed by atoms with van der Waals surface area (Å²) in [6, 6.07) is 13.3. The molecule has 0 aliphatic heterocycles. The third kappa shape index (κ3) is 3.99. The van der Waals surface area contributed by atoms with Gasteiger partial charge < -0.3 is 10.3 Å². The zero-order valence-corrected chi connectivity index (χ0v) is 18.1. The third-order valence-electron chi connectivity index (χ3n) is 6.37. The van der Waals surface area contributed by atoms with Crippen molar-refractivity contribution in [2.24, 2.45) is 0 Å². The molecule has 0 radical (unpaired) electrons. The minimum Gasteiger partial charge on any atom is -0.340 e. The van der Waals surface area contributed by atoms with Crippen LogP contribution in [-0.2, 0) is 11.6 Å². The maximum Gasteiger partial charge on any atom is 0.417 e. The number of hydrogen-bond acceptors (Lipinski definition) is 4. The average Bonchev–Trinajstić information content (AvgIpc) is 3.23. The summed E-state index contributed by atoms with van der Waals surface area (Å²) in [5, 5.41) is 11.5. The number of H-pyrrole nitrogens is 1. The van der Waals surface area contributed by atoms with E-state index < -0.39 is 28.9 Å². The van der Waals surface area contributed by atoms with E-state index in [1.165, 1.54) is 12.1 Å². The number of hydrogen-bond donors (Lipinski definition) is 2. The highest BCUT2D eigenvalue weighted by atomic mass is 19.4. The largest absolute Gasteiger partial charge is 0.417 e. The first-order valence-electron chi connectivity index (χ1n) is 10.7. The molecule has 0 saturated heterocycles. The average molecular weight is 479 g/mol. The molecule has 10 heteroatoms. The molecule has 2 aromatic carbocycles. The number of benzene rings is 2. The highest BCUT2D eigenvalue weighted by molar-refractivity contribution is 6.04. The highest BCUT2D eigenvalue weighted by Crippen LogP contribution is 2.48. The number of halogens is 4. The van der Waals surface area contributed by atoms with Gasteiger partial charge in [-0.15, -0.1) is 0 Å². The monoisotopic (exact) mass is 479 g/mol. The van der Waals surface area contributed by atoms with Gasteiger partial charge in [0.25, 0.3) is 5.91 Å². The van der Waals surface area contributed by atoms with Gasteiger partial charge in [0.1, 0.15) is 11.6 Å². The standard InChI is InChI=1S/C25H17F4N5O/c26-18-7-2-14(12-30)10-19(18)32-22(35)15-3-5-16(6-4-15)24(8-1-9-24)23-33-20-11-17(25(27,28)29)13-31-21(20)34-23/h2-7,10-11,13H,1,8-9H2,(H,32,35)(H,31,33,34). The van der Waals surface area contributed by atoms with Crippen LogP contribution in [0.15, 0.2) is 54.7 Å². The Balaban J connectivity index is 1.42. The molecule has 0 atom stereocenters. The van der Waals surface area contributed by atoms with E-state index in [9.17, 15) is 22.4 Å². The van der Waals surface area contributed by atoms with Crippen molar-refractivity contribution in [3.63, 3.8) is 0 Å². The van der Waals surface area contributed by atoms with Crippen LogP contribution < -0.4 is 5.32 Å². The number of nitriles is 1. The SMILES string of the molecule is N#Cc1ccc(F)c(NC(=O)c2ccc(C3(c4nc5ncc(C(F)(F)F)cc5[nH]4)CCC3)cc2)c1. The number of amides is 1. The molecule has 176 valence electrons. The minimum atomic E-state index is -4.50. The molecular weight excluding hydrogens is 462 g/mol. The summed E-state index contributed by atoms with van der Waals surface area (Å²) in [7, 11) is 0. The first-order valence-corrected chi connectivity index (χ1v) is 10.7. The number of anilines is 1. The highest BCUT2D eigenvalue weighted by Gasteiger charge is 2.43. The lowest BCUT2D eigenvalue weighted by Crippen LogP contribution is -2.36. The molecule has 0 unspecified atom stereocenters. The molecule has 2 N–H and O–H groups in total. The van der Waals surface area contributed by atoms with E-state index in [-0.39, 0.29) is 28.0 Å². The van der Waals surface area contributed by atoms with Crippen molar-refractivity contribution in [2.45, 2.75) is 30.9 Å². The second kappa shape index (κ2) is 8.20. The topological polar surface area (TPSA) is 94.5 Å². The Hall–Kier alpha value is -4.26. The van der Waals surface area contributed by atoms with Gasteiger partial charge in [-0.2, -0.15) is 18.4 Å². The normalized spacial score (nSPS) is 14.8. The van der Waals surface area contributed by atoms with Crippen LogP contribution in [-0.4, -0.2) is 20.9 Å². The van der Waals surface area contributed by atoms with Crippen molar-refractivity contribution >= 4 is 22.8 Å². The van der Waals surface area contributed by atoms with Crippen LogP contribution in [0.4, 0.5) is 23.2 Å². The van der Waals surface area contributed by atoms with Crippen molar-refractivity contribution in [3.05, 3.63) is 88.6 Å². The Morgan fingerprint density at radius 1 is 1.11 bits per heavy atom. The van der Waals surface area contributed by atoms with Gasteiger partial charge in [0.15, 0.2) is 5.65 Å². The predicted octanol–water partition coefficient (Wildman–Crippen LogP) is 5.71. The number of imidazole rings is 1. The van der Waals surface area contributed by atoms with Crippen molar-refractivity contribution in [3.8, 4) is 6.07 Å². The second-order valence-corrected chi connectivity index (χ2v) is 8.45. The van der Waals surface area contributed by atoms with E-state index in [4.69, 9.17) is 5.26 Å². The van der Waals surface area contributed by atoms with Crippen LogP contribution in [0.25, 0.3) is 11.2 Å². The fraction of sp³-hybridized carbons (Fsp3) is 0.200. The number of fused-ring (bicyclic) bond motifs is 1. The summed E-state index contributed by atoms with van der Waals surface area (Å²) >= 11 is 0. The van der Waals surface area contributed by atoms with Gasteiger partial charge in [-0.1, -0.05) is 18.6 Å². The Morgan fingerprint density at radius 3 is 2.49 bits per heavy atom. The second-order valence-electron chi connectivity index (χ2n) is 8.45. The number of aromatic amines is 1. The summed E-state index contributed by atoms with van der Waals surface area (Å²) in [6.45, 7) is 0. The number of alkyl halides is 3. The molecule has 0 bridgehead atoms. The molecule has 5 rings (SSSR count). The van der Waals surface area contributed by atoms with E-state index in [2.05, 4.69) is 20.3 Å². The fourth-order valence-electron chi connectivity index (χ4n) is 4.30. The fourth-order valence-corrected chi connectivity index (χ4v) is 4.30. The molecule has 1 saturated carbocycles. The van der Waals surface area contributed by atoms with Gasteiger partial charge >= 0.3 is 6.18 Å². The quantitative estimate of drug-likeness (QED) is 0.367. The van der Waals surface area contributed by atoms with Gasteiger partial charge in [-0.25, -0.2) is 14.4 Å². The molecule has 4 aromatic rings. The summed E-state index contributed by atoms with van der Waals surface area (Å²) in [4.78, 5) is 24.0. The van der Waals surface area contributed by atoms with Gasteiger partial charge in [0.05, 0.1) is 33.8 Å². The summed E-state index contributed by atoms with van der Waals surface area (Å²) in [5.74, 6) is -0.673.